The Bertz CT molecular complexity index is 973. The van der Waals surface area contributed by atoms with Crippen LogP contribution in [0.5, 0.6) is 0 Å². The maximum absolute atomic E-state index is 2.40. The van der Waals surface area contributed by atoms with Crippen LogP contribution in [0.25, 0.3) is 38.1 Å². The fourth-order valence-corrected chi connectivity index (χ4v) is 3.38. The second-order valence-corrected chi connectivity index (χ2v) is 5.07. The molecule has 1 nitrogen and oxygen atoms in total. The topological polar surface area (TPSA) is 4.41 Å². The Labute approximate surface area is 165 Å². The average Bonchev–Trinajstić information content (AvgIpc) is 3.32. The molecule has 0 fully saturated rings. The van der Waals surface area contributed by atoms with Gasteiger partial charge in [-0.15, -0.1) is 0 Å². The van der Waals surface area contributed by atoms with Gasteiger partial charge in [-0.1, -0.05) is 110 Å². The maximum Gasteiger partial charge on any atom is 0.0620 e. The zero-order valence-corrected chi connectivity index (χ0v) is 18.3. The maximum atomic E-state index is 2.40. The van der Waals surface area contributed by atoms with Gasteiger partial charge in [0.15, 0.2) is 0 Å². The third-order valence-electron chi connectivity index (χ3n) is 4.13. The summed E-state index contributed by atoms with van der Waals surface area (Å²) in [5, 5.41) is 5.39. The van der Waals surface area contributed by atoms with Gasteiger partial charge < -0.3 is 4.40 Å². The molecular weight excluding hydrogens is 326 g/mol. The fourth-order valence-electron chi connectivity index (χ4n) is 3.38. The van der Waals surface area contributed by atoms with Gasteiger partial charge in [-0.25, -0.2) is 0 Å². The predicted octanol–water partition coefficient (Wildman–Crippen LogP) is 8.94. The van der Waals surface area contributed by atoms with E-state index in [1.165, 1.54) is 38.1 Å². The van der Waals surface area contributed by atoms with E-state index >= 15 is 0 Å². The van der Waals surface area contributed by atoms with E-state index in [4.69, 9.17) is 0 Å². The Hall–Kier alpha value is -2.54. The molecule has 0 amide bonds. The highest BCUT2D eigenvalue weighted by Crippen LogP contribution is 2.38. The van der Waals surface area contributed by atoms with Crippen LogP contribution in [-0.2, 0) is 0 Å². The minimum Gasteiger partial charge on any atom is -0.308 e. The van der Waals surface area contributed by atoms with Crippen molar-refractivity contribution in [2.45, 2.75) is 55.4 Å². The monoisotopic (exact) mass is 361 g/mol. The van der Waals surface area contributed by atoms with E-state index in [2.05, 4.69) is 71.1 Å². The summed E-state index contributed by atoms with van der Waals surface area (Å²) in [5.41, 5.74) is 3.95. The van der Waals surface area contributed by atoms with Gasteiger partial charge in [0.05, 0.1) is 16.6 Å². The molecule has 0 aliphatic rings. The quantitative estimate of drug-likeness (QED) is 0.259. The molecule has 0 radical (unpaired) electrons. The Morgan fingerprint density at radius 3 is 1.15 bits per heavy atom. The van der Waals surface area contributed by atoms with Crippen LogP contribution in [0, 0.1) is 0 Å². The van der Waals surface area contributed by atoms with E-state index < -0.39 is 0 Å². The molecule has 0 aliphatic heterocycles. The molecule has 3 aromatic carbocycles. The standard InChI is InChI=1S/C18H11N.4C2H6/c1-3-10-16-12(6-1)14-8-5-9-15-13-7-2-4-11-17(13)19(16)18(14)15;4*1-2/h1-11H;4*1-2H3. The second-order valence-electron chi connectivity index (χ2n) is 5.07. The van der Waals surface area contributed by atoms with Gasteiger partial charge in [0, 0.05) is 21.5 Å². The molecule has 27 heavy (non-hydrogen) atoms. The Kier molecular flexibility index (Phi) is 9.36. The van der Waals surface area contributed by atoms with Crippen LogP contribution in [0.4, 0.5) is 0 Å². The molecule has 5 rings (SSSR count). The normalized spacial score (nSPS) is 9.48. The third-order valence-corrected chi connectivity index (χ3v) is 4.13. The summed E-state index contributed by atoms with van der Waals surface area (Å²) in [5.74, 6) is 0. The molecule has 144 valence electrons. The highest BCUT2D eigenvalue weighted by molar-refractivity contribution is 6.23. The lowest BCUT2D eigenvalue weighted by molar-refractivity contribution is 1.37. The molecule has 0 saturated heterocycles. The molecular formula is C26H35N. The molecule has 0 saturated carbocycles. The van der Waals surface area contributed by atoms with E-state index in [1.54, 1.807) is 0 Å². The Morgan fingerprint density at radius 2 is 0.741 bits per heavy atom. The van der Waals surface area contributed by atoms with Gasteiger partial charge in [-0.3, -0.25) is 0 Å². The number of nitrogens with zero attached hydrogens (tertiary/aromatic N) is 1. The second kappa shape index (κ2) is 11.2. The minimum absolute atomic E-state index is 1.30. The number of para-hydroxylation sites is 3. The van der Waals surface area contributed by atoms with Gasteiger partial charge in [0.1, 0.15) is 0 Å². The van der Waals surface area contributed by atoms with Crippen LogP contribution in [0.15, 0.2) is 66.7 Å². The zero-order chi connectivity index (χ0) is 20.4. The molecule has 0 spiro atoms. The molecule has 1 heteroatoms. The van der Waals surface area contributed by atoms with E-state index in [0.717, 1.165) is 0 Å². The van der Waals surface area contributed by atoms with Crippen molar-refractivity contribution < 1.29 is 0 Å². The first-order valence-corrected chi connectivity index (χ1v) is 10.6. The first-order valence-electron chi connectivity index (χ1n) is 10.6. The number of hydrogen-bond acceptors (Lipinski definition) is 0. The van der Waals surface area contributed by atoms with Gasteiger partial charge in [-0.05, 0) is 12.1 Å². The van der Waals surface area contributed by atoms with Crippen LogP contribution in [0.3, 0.4) is 0 Å². The van der Waals surface area contributed by atoms with Gasteiger partial charge in [0.25, 0.3) is 0 Å². The van der Waals surface area contributed by atoms with Crippen molar-refractivity contribution in [2.24, 2.45) is 0 Å². The zero-order valence-electron chi connectivity index (χ0n) is 18.3. The highest BCUT2D eigenvalue weighted by Gasteiger charge is 2.15. The van der Waals surface area contributed by atoms with Crippen molar-refractivity contribution in [1.82, 2.24) is 4.40 Å². The van der Waals surface area contributed by atoms with Crippen LogP contribution in [0.1, 0.15) is 55.4 Å². The van der Waals surface area contributed by atoms with Crippen molar-refractivity contribution in [3.8, 4) is 0 Å². The summed E-state index contributed by atoms with van der Waals surface area (Å²) < 4.78 is 2.40. The lowest BCUT2D eigenvalue weighted by Crippen LogP contribution is -1.78. The first-order chi connectivity index (χ1) is 13.4. The third kappa shape index (κ3) is 3.78. The number of hydrogen-bond donors (Lipinski definition) is 0. The summed E-state index contributed by atoms with van der Waals surface area (Å²) in [6.07, 6.45) is 0. The van der Waals surface area contributed by atoms with Crippen LogP contribution < -0.4 is 0 Å². The number of aromatic nitrogens is 1. The summed E-state index contributed by atoms with van der Waals surface area (Å²) >= 11 is 0. The van der Waals surface area contributed by atoms with E-state index in [9.17, 15) is 0 Å². The van der Waals surface area contributed by atoms with Crippen molar-refractivity contribution in [3.63, 3.8) is 0 Å². The van der Waals surface area contributed by atoms with Crippen molar-refractivity contribution in [3.05, 3.63) is 66.7 Å². The largest absolute Gasteiger partial charge is 0.308 e. The molecule has 2 heterocycles. The average molecular weight is 362 g/mol. The van der Waals surface area contributed by atoms with E-state index in [-0.39, 0.29) is 0 Å². The number of fused-ring (bicyclic) bond motifs is 6. The van der Waals surface area contributed by atoms with Crippen molar-refractivity contribution >= 4 is 38.1 Å². The summed E-state index contributed by atoms with van der Waals surface area (Å²) in [7, 11) is 0. The van der Waals surface area contributed by atoms with E-state index in [1.807, 2.05) is 55.4 Å². The van der Waals surface area contributed by atoms with Gasteiger partial charge in [-0.2, -0.15) is 0 Å². The number of rotatable bonds is 0. The molecule has 0 atom stereocenters. The molecule has 0 N–H and O–H groups in total. The summed E-state index contributed by atoms with van der Waals surface area (Å²) in [6.45, 7) is 16.0. The SMILES string of the molecule is CC.CC.CC.CC.c1ccc2c(c1)c1cccc3c4ccccc4n2c13. The molecule has 0 bridgehead atoms. The summed E-state index contributed by atoms with van der Waals surface area (Å²) in [6, 6.07) is 23.9. The lowest BCUT2D eigenvalue weighted by Gasteiger charge is -1.95. The molecule has 2 aromatic heterocycles. The Morgan fingerprint density at radius 1 is 0.407 bits per heavy atom. The fraction of sp³-hybridized carbons (Fsp3) is 0.308. The first kappa shape index (κ1) is 22.5. The molecule has 0 unspecified atom stereocenters. The lowest BCUT2D eigenvalue weighted by atomic mass is 10.1. The van der Waals surface area contributed by atoms with Gasteiger partial charge >= 0.3 is 0 Å². The van der Waals surface area contributed by atoms with Crippen molar-refractivity contribution in [1.29, 1.82) is 0 Å². The minimum atomic E-state index is 1.30. The van der Waals surface area contributed by atoms with Gasteiger partial charge in [0.2, 0.25) is 0 Å². The highest BCUT2D eigenvalue weighted by atomic mass is 14.9. The van der Waals surface area contributed by atoms with E-state index in [0.29, 0.717) is 0 Å². The van der Waals surface area contributed by atoms with Crippen LogP contribution >= 0.6 is 0 Å². The molecule has 5 aromatic rings. The molecule has 0 aliphatic carbocycles. The summed E-state index contributed by atoms with van der Waals surface area (Å²) in [4.78, 5) is 0. The number of benzene rings is 3. The smallest absolute Gasteiger partial charge is 0.0620 e. The predicted molar refractivity (Wildman–Crippen MR) is 126 cm³/mol. The van der Waals surface area contributed by atoms with Crippen molar-refractivity contribution in [2.75, 3.05) is 0 Å². The van der Waals surface area contributed by atoms with Crippen LogP contribution in [0.2, 0.25) is 0 Å². The Balaban J connectivity index is 0.000000410. The van der Waals surface area contributed by atoms with Crippen LogP contribution in [-0.4, -0.2) is 4.40 Å².